The van der Waals surface area contributed by atoms with Gasteiger partial charge < -0.3 is 0 Å². The van der Waals surface area contributed by atoms with Gasteiger partial charge in [-0.15, -0.1) is 0 Å². The van der Waals surface area contributed by atoms with E-state index in [-0.39, 0.29) is 0 Å². The van der Waals surface area contributed by atoms with Gasteiger partial charge in [-0.25, -0.2) is 0 Å². The average Bonchev–Trinajstić information content (AvgIpc) is 3.17. The molecule has 4 saturated carbocycles. The molecule has 0 amide bonds. The highest BCUT2D eigenvalue weighted by molar-refractivity contribution is 6.08. The van der Waals surface area contributed by atoms with Crippen molar-refractivity contribution in [2.75, 3.05) is 7.05 Å². The van der Waals surface area contributed by atoms with Gasteiger partial charge in [0.15, 0.2) is 0 Å². The van der Waals surface area contributed by atoms with Gasteiger partial charge >= 0.3 is 0 Å². The van der Waals surface area contributed by atoms with Crippen molar-refractivity contribution in [2.45, 2.75) is 112 Å². The molecule has 33 heavy (non-hydrogen) atoms. The van der Waals surface area contributed by atoms with Crippen LogP contribution in [0.3, 0.4) is 0 Å². The number of rotatable bonds is 6. The van der Waals surface area contributed by atoms with Crippen LogP contribution < -0.4 is 0 Å². The summed E-state index contributed by atoms with van der Waals surface area (Å²) in [6, 6.07) is 0. The molecule has 4 fully saturated rings. The molecule has 4 aliphatic carbocycles. The Morgan fingerprint density at radius 3 is 2.52 bits per heavy atom. The molecule has 1 nitrogen and oxygen atoms in total. The van der Waals surface area contributed by atoms with Gasteiger partial charge in [0.2, 0.25) is 0 Å². The third-order valence-corrected chi connectivity index (χ3v) is 11.7. The highest BCUT2D eigenvalue weighted by Gasteiger charge is 2.60. The fraction of sp³-hybridized carbons (Fsp3) is 0.844. The zero-order valence-corrected chi connectivity index (χ0v) is 22.6. The van der Waals surface area contributed by atoms with Crippen LogP contribution in [0, 0.1) is 64.1 Å². The number of hydrogen-bond donors (Lipinski definition) is 0. The molecule has 0 radical (unpaired) electrons. The first-order valence-corrected chi connectivity index (χ1v) is 14.4. The summed E-state index contributed by atoms with van der Waals surface area (Å²) in [7, 11) is 1.84. The quantitative estimate of drug-likeness (QED) is 0.284. The van der Waals surface area contributed by atoms with Crippen molar-refractivity contribution in [3.05, 3.63) is 12.2 Å². The van der Waals surface area contributed by atoms with E-state index in [1.54, 1.807) is 12.8 Å². The Kier molecular flexibility index (Phi) is 7.83. The molecule has 0 saturated heterocycles. The molecule has 1 heteroatoms. The second kappa shape index (κ2) is 10.3. The molecule has 0 bridgehead atoms. The van der Waals surface area contributed by atoms with Crippen molar-refractivity contribution in [3.8, 4) is 11.8 Å². The van der Waals surface area contributed by atoms with E-state index in [4.69, 9.17) is 0 Å². The minimum Gasteiger partial charge on any atom is -0.280 e. The summed E-state index contributed by atoms with van der Waals surface area (Å²) in [5, 5.41) is 0. The van der Waals surface area contributed by atoms with E-state index in [2.05, 4.69) is 56.7 Å². The van der Waals surface area contributed by atoms with Gasteiger partial charge in [0.05, 0.1) is 0 Å². The third kappa shape index (κ3) is 4.62. The second-order valence-corrected chi connectivity index (χ2v) is 12.9. The summed E-state index contributed by atoms with van der Waals surface area (Å²) in [5.41, 5.74) is 2.16. The van der Waals surface area contributed by atoms with Gasteiger partial charge in [0.1, 0.15) is 5.71 Å². The Morgan fingerprint density at radius 1 is 1.03 bits per heavy atom. The van der Waals surface area contributed by atoms with Gasteiger partial charge in [-0.05, 0) is 142 Å². The Bertz CT molecular complexity index is 795. The summed E-state index contributed by atoms with van der Waals surface area (Å²) in [6.07, 6.45) is 22.0. The molecule has 0 N–H and O–H groups in total. The molecular formula is C32H51N. The van der Waals surface area contributed by atoms with E-state index in [0.717, 1.165) is 53.6 Å². The molecule has 0 heterocycles. The van der Waals surface area contributed by atoms with Gasteiger partial charge in [-0.3, -0.25) is 4.99 Å². The number of allylic oxidation sites excluding steroid dienone is 2. The molecule has 0 aromatic carbocycles. The maximum atomic E-state index is 4.27. The maximum Gasteiger partial charge on any atom is 0.106 e. The summed E-state index contributed by atoms with van der Waals surface area (Å²) in [6.45, 7) is 12.3. The molecule has 4 aliphatic rings. The van der Waals surface area contributed by atoms with Crippen molar-refractivity contribution >= 4 is 5.71 Å². The van der Waals surface area contributed by atoms with Crippen LogP contribution in [0.25, 0.3) is 0 Å². The molecule has 0 aliphatic heterocycles. The summed E-state index contributed by atoms with van der Waals surface area (Å²) < 4.78 is 0. The van der Waals surface area contributed by atoms with E-state index in [9.17, 15) is 0 Å². The van der Waals surface area contributed by atoms with Crippen LogP contribution in [0.5, 0.6) is 0 Å². The van der Waals surface area contributed by atoms with Crippen LogP contribution in [0.15, 0.2) is 17.1 Å². The monoisotopic (exact) mass is 449 g/mol. The van der Waals surface area contributed by atoms with Crippen molar-refractivity contribution in [2.24, 2.45) is 57.2 Å². The van der Waals surface area contributed by atoms with Crippen LogP contribution in [0.4, 0.5) is 0 Å². The summed E-state index contributed by atoms with van der Waals surface area (Å²) in [4.78, 5) is 4.27. The average molecular weight is 450 g/mol. The SMILES string of the molecule is CC#CC(/C=C\CC[C@H](C)[C@H]1CC[C@H]2[C@@H]3CC[C@@H]4C[C@@H](CC)CC[C@]4(C)[C@H]3CC[C@]12C)=NC. The van der Waals surface area contributed by atoms with E-state index in [1.807, 2.05) is 14.0 Å². The van der Waals surface area contributed by atoms with Crippen molar-refractivity contribution < 1.29 is 0 Å². The minimum atomic E-state index is 0.595. The fourth-order valence-corrected chi connectivity index (χ4v) is 9.75. The predicted octanol–water partition coefficient (Wildman–Crippen LogP) is 8.74. The molecule has 0 spiro atoms. The first-order valence-electron chi connectivity index (χ1n) is 14.4. The Balaban J connectivity index is 1.40. The summed E-state index contributed by atoms with van der Waals surface area (Å²) in [5.74, 6) is 12.9. The van der Waals surface area contributed by atoms with Crippen LogP contribution in [0.1, 0.15) is 112 Å². The van der Waals surface area contributed by atoms with Crippen molar-refractivity contribution in [1.29, 1.82) is 0 Å². The van der Waals surface area contributed by atoms with Gasteiger partial charge in [0.25, 0.3) is 0 Å². The standard InChI is InChI=1S/C32H51N/c1-7-11-26(33-6)13-10-9-12-23(3)28-16-17-29-27-15-14-25-22-24(8-2)18-20-31(25,4)30(27)19-21-32(28,29)5/h10,13,23-25,27-30H,8-9,12,14-22H2,1-6H3/b13-10-,33-26?/t23-,24-,25+,27-,28+,29-,30-,31-,32+/m0/s1. The lowest BCUT2D eigenvalue weighted by molar-refractivity contribution is -0.121. The van der Waals surface area contributed by atoms with Crippen LogP contribution >= 0.6 is 0 Å². The van der Waals surface area contributed by atoms with E-state index >= 15 is 0 Å². The van der Waals surface area contributed by atoms with E-state index < -0.39 is 0 Å². The number of nitrogens with zero attached hydrogens (tertiary/aromatic N) is 1. The first kappa shape index (κ1) is 25.1. The van der Waals surface area contributed by atoms with Crippen LogP contribution in [-0.2, 0) is 0 Å². The lowest BCUT2D eigenvalue weighted by Gasteiger charge is -2.61. The van der Waals surface area contributed by atoms with Crippen LogP contribution in [0.2, 0.25) is 0 Å². The summed E-state index contributed by atoms with van der Waals surface area (Å²) >= 11 is 0. The van der Waals surface area contributed by atoms with Crippen molar-refractivity contribution in [3.63, 3.8) is 0 Å². The number of fused-ring (bicyclic) bond motifs is 5. The zero-order valence-electron chi connectivity index (χ0n) is 22.6. The number of aliphatic imine (C=N–C) groups is 1. The van der Waals surface area contributed by atoms with E-state index in [1.165, 1.54) is 57.8 Å². The Labute approximate surface area is 205 Å². The third-order valence-electron chi connectivity index (χ3n) is 11.7. The Morgan fingerprint density at radius 2 is 1.79 bits per heavy atom. The molecule has 9 atom stereocenters. The van der Waals surface area contributed by atoms with Crippen molar-refractivity contribution in [1.82, 2.24) is 0 Å². The van der Waals surface area contributed by atoms with Crippen LogP contribution in [-0.4, -0.2) is 12.8 Å². The number of hydrogen-bond acceptors (Lipinski definition) is 1. The lowest BCUT2D eigenvalue weighted by atomic mass is 9.44. The fourth-order valence-electron chi connectivity index (χ4n) is 9.75. The lowest BCUT2D eigenvalue weighted by Crippen LogP contribution is -2.53. The second-order valence-electron chi connectivity index (χ2n) is 12.9. The molecule has 0 aromatic heterocycles. The van der Waals surface area contributed by atoms with Gasteiger partial charge in [-0.1, -0.05) is 46.1 Å². The molecular weight excluding hydrogens is 398 g/mol. The molecule has 4 rings (SSSR count). The van der Waals surface area contributed by atoms with E-state index in [0.29, 0.717) is 10.8 Å². The highest BCUT2D eigenvalue weighted by Crippen LogP contribution is 2.68. The topological polar surface area (TPSA) is 12.4 Å². The van der Waals surface area contributed by atoms with Gasteiger partial charge in [0, 0.05) is 7.05 Å². The molecule has 0 unspecified atom stereocenters. The Hall–Kier alpha value is -1.03. The molecule has 0 aromatic rings. The molecule has 184 valence electrons. The highest BCUT2D eigenvalue weighted by atomic mass is 14.7. The smallest absolute Gasteiger partial charge is 0.106 e. The minimum absolute atomic E-state index is 0.595. The zero-order chi connectivity index (χ0) is 23.6. The predicted molar refractivity (Wildman–Crippen MR) is 143 cm³/mol. The van der Waals surface area contributed by atoms with Gasteiger partial charge in [-0.2, -0.15) is 0 Å². The normalized spacial score (nSPS) is 43.9. The first-order chi connectivity index (χ1) is 15.9. The largest absolute Gasteiger partial charge is 0.280 e. The maximum absolute atomic E-state index is 4.27.